The van der Waals surface area contributed by atoms with Crippen LogP contribution in [0.25, 0.3) is 0 Å². The first kappa shape index (κ1) is 14.1. The normalized spacial score (nSPS) is 17.4. The minimum atomic E-state index is -0.320. The fraction of sp³-hybridized carbons (Fsp3) is 0.188. The Morgan fingerprint density at radius 3 is 2.59 bits per heavy atom. The Morgan fingerprint density at radius 2 is 1.86 bits per heavy atom. The molecule has 22 heavy (non-hydrogen) atoms. The Hall–Kier alpha value is -2.89. The second kappa shape index (κ2) is 6.26. The molecule has 0 aliphatic carbocycles. The smallest absolute Gasteiger partial charge is 0.319 e. The van der Waals surface area contributed by atoms with Gasteiger partial charge in [0.15, 0.2) is 0 Å². The van der Waals surface area contributed by atoms with Crippen LogP contribution in [0.5, 0.6) is 0 Å². The summed E-state index contributed by atoms with van der Waals surface area (Å²) in [6.45, 7) is 0.479. The highest BCUT2D eigenvalue weighted by Gasteiger charge is 2.31. The van der Waals surface area contributed by atoms with E-state index in [2.05, 4.69) is 15.6 Å². The highest BCUT2D eigenvalue weighted by Crippen LogP contribution is 2.21. The van der Waals surface area contributed by atoms with Gasteiger partial charge in [0.2, 0.25) is 5.91 Å². The molecule has 1 aromatic carbocycles. The van der Waals surface area contributed by atoms with Gasteiger partial charge in [-0.25, -0.2) is 4.79 Å². The van der Waals surface area contributed by atoms with Gasteiger partial charge in [0, 0.05) is 36.7 Å². The minimum Gasteiger partial charge on any atom is -0.333 e. The number of amides is 3. The first-order valence-corrected chi connectivity index (χ1v) is 7.05. The average Bonchev–Trinajstić information content (AvgIpc) is 2.89. The SMILES string of the molecule is O=C(Nc1ccncc1)NC1CC(=O)N(c2ccccc2)C1. The van der Waals surface area contributed by atoms with Crippen molar-refractivity contribution >= 4 is 23.3 Å². The lowest BCUT2D eigenvalue weighted by molar-refractivity contribution is -0.117. The third-order valence-electron chi connectivity index (χ3n) is 3.47. The van der Waals surface area contributed by atoms with E-state index in [1.165, 1.54) is 0 Å². The van der Waals surface area contributed by atoms with Gasteiger partial charge in [-0.1, -0.05) is 18.2 Å². The zero-order valence-corrected chi connectivity index (χ0v) is 11.9. The summed E-state index contributed by atoms with van der Waals surface area (Å²) < 4.78 is 0. The monoisotopic (exact) mass is 296 g/mol. The third-order valence-corrected chi connectivity index (χ3v) is 3.47. The number of anilines is 2. The topological polar surface area (TPSA) is 74.3 Å². The van der Waals surface area contributed by atoms with Gasteiger partial charge in [0.05, 0.1) is 6.04 Å². The van der Waals surface area contributed by atoms with Crippen LogP contribution in [0, 0.1) is 0 Å². The van der Waals surface area contributed by atoms with Gasteiger partial charge in [-0.05, 0) is 24.3 Å². The van der Waals surface area contributed by atoms with Crippen LogP contribution in [0.2, 0.25) is 0 Å². The summed E-state index contributed by atoms with van der Waals surface area (Å²) in [6.07, 6.45) is 3.51. The first-order valence-electron chi connectivity index (χ1n) is 7.05. The van der Waals surface area contributed by atoms with Gasteiger partial charge < -0.3 is 15.5 Å². The fourth-order valence-electron chi connectivity index (χ4n) is 2.45. The van der Waals surface area contributed by atoms with Crippen LogP contribution in [-0.2, 0) is 4.79 Å². The van der Waals surface area contributed by atoms with Gasteiger partial charge in [-0.15, -0.1) is 0 Å². The lowest BCUT2D eigenvalue weighted by Gasteiger charge is -2.17. The quantitative estimate of drug-likeness (QED) is 0.910. The van der Waals surface area contributed by atoms with Crippen molar-refractivity contribution in [1.82, 2.24) is 10.3 Å². The molecule has 0 saturated carbocycles. The molecule has 1 saturated heterocycles. The predicted molar refractivity (Wildman–Crippen MR) is 83.6 cm³/mol. The average molecular weight is 296 g/mol. The van der Waals surface area contributed by atoms with E-state index in [1.807, 2.05) is 30.3 Å². The number of nitrogens with one attached hydrogen (secondary N) is 2. The summed E-state index contributed by atoms with van der Waals surface area (Å²) in [5, 5.41) is 5.54. The van der Waals surface area contributed by atoms with Crippen LogP contribution < -0.4 is 15.5 Å². The number of para-hydroxylation sites is 1. The Kier molecular flexibility index (Phi) is 4.00. The molecule has 1 unspecified atom stereocenters. The number of hydrogen-bond donors (Lipinski definition) is 2. The number of aromatic nitrogens is 1. The van der Waals surface area contributed by atoms with E-state index >= 15 is 0 Å². The van der Waals surface area contributed by atoms with Crippen molar-refractivity contribution in [3.05, 3.63) is 54.9 Å². The lowest BCUT2D eigenvalue weighted by atomic mass is 10.2. The van der Waals surface area contributed by atoms with E-state index in [-0.39, 0.29) is 18.0 Å². The van der Waals surface area contributed by atoms with Gasteiger partial charge >= 0.3 is 6.03 Å². The van der Waals surface area contributed by atoms with Crippen LogP contribution in [0.1, 0.15) is 6.42 Å². The zero-order valence-electron chi connectivity index (χ0n) is 11.9. The second-order valence-corrected chi connectivity index (χ2v) is 5.08. The van der Waals surface area contributed by atoms with Crippen molar-refractivity contribution in [1.29, 1.82) is 0 Å². The Bertz CT molecular complexity index is 660. The van der Waals surface area contributed by atoms with E-state index in [1.54, 1.807) is 29.4 Å². The van der Waals surface area contributed by atoms with E-state index in [0.717, 1.165) is 5.69 Å². The second-order valence-electron chi connectivity index (χ2n) is 5.08. The number of pyridine rings is 1. The number of nitrogens with zero attached hydrogens (tertiary/aromatic N) is 2. The molecule has 6 heteroatoms. The maximum atomic E-state index is 12.1. The lowest BCUT2D eigenvalue weighted by Crippen LogP contribution is -2.39. The summed E-state index contributed by atoms with van der Waals surface area (Å²) in [7, 11) is 0. The number of carbonyl (C=O) groups is 2. The Labute approximate surface area is 128 Å². The van der Waals surface area contributed by atoms with E-state index < -0.39 is 0 Å². The minimum absolute atomic E-state index is 0.0143. The molecule has 2 N–H and O–H groups in total. The molecule has 1 atom stereocenters. The summed E-state index contributed by atoms with van der Waals surface area (Å²) >= 11 is 0. The summed E-state index contributed by atoms with van der Waals surface area (Å²) in [5.74, 6) is 0.0143. The van der Waals surface area contributed by atoms with Crippen molar-refractivity contribution in [2.75, 3.05) is 16.8 Å². The van der Waals surface area contributed by atoms with Crippen LogP contribution >= 0.6 is 0 Å². The van der Waals surface area contributed by atoms with Gasteiger partial charge in [-0.2, -0.15) is 0 Å². The molecule has 112 valence electrons. The summed E-state index contributed by atoms with van der Waals surface area (Å²) in [5.41, 5.74) is 1.52. The number of hydrogen-bond acceptors (Lipinski definition) is 3. The molecule has 1 aromatic heterocycles. The van der Waals surface area contributed by atoms with Crippen LogP contribution in [-0.4, -0.2) is 29.5 Å². The van der Waals surface area contributed by atoms with Gasteiger partial charge in [0.25, 0.3) is 0 Å². The molecule has 1 aliphatic rings. The van der Waals surface area contributed by atoms with Gasteiger partial charge in [0.1, 0.15) is 0 Å². The number of benzene rings is 1. The number of carbonyl (C=O) groups excluding carboxylic acids is 2. The summed E-state index contributed by atoms with van der Waals surface area (Å²) in [4.78, 5) is 29.6. The largest absolute Gasteiger partial charge is 0.333 e. The van der Waals surface area contributed by atoms with Crippen molar-refractivity contribution in [3.8, 4) is 0 Å². The molecule has 0 radical (unpaired) electrons. The maximum Gasteiger partial charge on any atom is 0.319 e. The van der Waals surface area contributed by atoms with Crippen molar-refractivity contribution in [3.63, 3.8) is 0 Å². The standard InChI is InChI=1S/C16H16N4O2/c21-15-10-13(11-20(15)14-4-2-1-3-5-14)19-16(22)18-12-6-8-17-9-7-12/h1-9,13H,10-11H2,(H2,17,18,19,22). The fourth-order valence-corrected chi connectivity index (χ4v) is 2.45. The van der Waals surface area contributed by atoms with Crippen LogP contribution in [0.15, 0.2) is 54.9 Å². The molecule has 3 amide bonds. The number of urea groups is 1. The molecule has 1 fully saturated rings. The van der Waals surface area contributed by atoms with Gasteiger partial charge in [-0.3, -0.25) is 9.78 Å². The van der Waals surface area contributed by atoms with Crippen molar-refractivity contribution < 1.29 is 9.59 Å². The molecule has 2 heterocycles. The molecule has 1 aliphatic heterocycles. The highest BCUT2D eigenvalue weighted by molar-refractivity contribution is 5.97. The predicted octanol–water partition coefficient (Wildman–Crippen LogP) is 2.01. The molecular formula is C16H16N4O2. The van der Waals surface area contributed by atoms with Crippen molar-refractivity contribution in [2.45, 2.75) is 12.5 Å². The third kappa shape index (κ3) is 3.22. The Morgan fingerprint density at radius 1 is 1.14 bits per heavy atom. The van der Waals surface area contributed by atoms with Crippen LogP contribution in [0.3, 0.4) is 0 Å². The van der Waals surface area contributed by atoms with E-state index in [4.69, 9.17) is 0 Å². The molecule has 0 spiro atoms. The zero-order chi connectivity index (χ0) is 15.4. The van der Waals surface area contributed by atoms with Crippen molar-refractivity contribution in [2.24, 2.45) is 0 Å². The van der Waals surface area contributed by atoms with E-state index in [9.17, 15) is 9.59 Å². The molecular weight excluding hydrogens is 280 g/mol. The highest BCUT2D eigenvalue weighted by atomic mass is 16.2. The van der Waals surface area contributed by atoms with Crippen LogP contribution in [0.4, 0.5) is 16.2 Å². The Balaban J connectivity index is 1.58. The molecule has 0 bridgehead atoms. The maximum absolute atomic E-state index is 12.1. The summed E-state index contributed by atoms with van der Waals surface area (Å²) in [6, 6.07) is 12.3. The van der Waals surface area contributed by atoms with E-state index in [0.29, 0.717) is 18.7 Å². The number of rotatable bonds is 3. The molecule has 2 aromatic rings. The molecule has 3 rings (SSSR count). The first-order chi connectivity index (χ1) is 10.7. The molecule has 6 nitrogen and oxygen atoms in total.